The molecule has 3 aromatic rings. The standard InChI is InChI=1S/C26H35BN4O4/c1-23(2,32)16-31-15-17(14-28-31)21-29-22(30-33-21)26(7,18-8-9-18)19-10-12-20(13-11-19)27-34-24(3,4)25(5,6)35-27/h10-15,18,32H,8-9,16H2,1-7H3/t26-/m1/s1. The first-order valence-electron chi connectivity index (χ1n) is 12.3. The van der Waals surface area contributed by atoms with E-state index in [0.717, 1.165) is 29.4 Å². The van der Waals surface area contributed by atoms with Crippen molar-refractivity contribution in [2.75, 3.05) is 0 Å². The quantitative estimate of drug-likeness (QED) is 0.517. The molecule has 35 heavy (non-hydrogen) atoms. The summed E-state index contributed by atoms with van der Waals surface area (Å²) in [7, 11) is -0.390. The smallest absolute Gasteiger partial charge is 0.399 e. The average Bonchev–Trinajstić information content (AvgIpc) is 3.24. The molecule has 1 aliphatic carbocycles. The Hall–Kier alpha value is -2.49. The van der Waals surface area contributed by atoms with Crippen molar-refractivity contribution in [3.05, 3.63) is 48.0 Å². The normalized spacial score (nSPS) is 21.3. The number of aromatic nitrogens is 4. The zero-order valence-electron chi connectivity index (χ0n) is 21.7. The second-order valence-corrected chi connectivity index (χ2v) is 11.8. The topological polar surface area (TPSA) is 95.4 Å². The van der Waals surface area contributed by atoms with Crippen molar-refractivity contribution in [3.63, 3.8) is 0 Å². The van der Waals surface area contributed by atoms with E-state index in [4.69, 9.17) is 18.8 Å². The van der Waals surface area contributed by atoms with E-state index in [1.807, 2.05) is 6.20 Å². The van der Waals surface area contributed by atoms with Gasteiger partial charge in [0.05, 0.1) is 40.5 Å². The predicted molar refractivity (Wildman–Crippen MR) is 133 cm³/mol. The summed E-state index contributed by atoms with van der Waals surface area (Å²) in [4.78, 5) is 4.79. The molecule has 2 fully saturated rings. The maximum absolute atomic E-state index is 10.1. The molecule has 0 spiro atoms. The van der Waals surface area contributed by atoms with Crippen molar-refractivity contribution in [1.29, 1.82) is 0 Å². The fourth-order valence-corrected chi connectivity index (χ4v) is 4.68. The van der Waals surface area contributed by atoms with Crippen LogP contribution in [0.4, 0.5) is 0 Å². The summed E-state index contributed by atoms with van der Waals surface area (Å²) in [5, 5.41) is 18.8. The van der Waals surface area contributed by atoms with Gasteiger partial charge < -0.3 is 18.9 Å². The molecule has 1 saturated heterocycles. The third kappa shape index (κ3) is 4.45. The number of hydrogen-bond donors (Lipinski definition) is 1. The molecule has 186 valence electrons. The fourth-order valence-electron chi connectivity index (χ4n) is 4.68. The summed E-state index contributed by atoms with van der Waals surface area (Å²) in [6.45, 7) is 14.3. The van der Waals surface area contributed by atoms with Gasteiger partial charge in [-0.25, -0.2) is 0 Å². The molecule has 8 nitrogen and oxygen atoms in total. The van der Waals surface area contributed by atoms with E-state index < -0.39 is 12.7 Å². The van der Waals surface area contributed by atoms with E-state index in [-0.39, 0.29) is 16.6 Å². The highest BCUT2D eigenvalue weighted by Gasteiger charge is 2.52. The SMILES string of the molecule is CC(C)(O)Cn1cc(-c2nc([C@@](C)(c3ccc(B4OC(C)(C)C(C)(C)O4)cc3)C3CC3)no2)cn1. The molecule has 1 saturated carbocycles. The van der Waals surface area contributed by atoms with Gasteiger partial charge in [0, 0.05) is 6.20 Å². The van der Waals surface area contributed by atoms with Crippen molar-refractivity contribution in [3.8, 4) is 11.5 Å². The predicted octanol–water partition coefficient (Wildman–Crippen LogP) is 3.72. The maximum atomic E-state index is 10.1. The van der Waals surface area contributed by atoms with Crippen LogP contribution in [-0.2, 0) is 21.3 Å². The zero-order valence-corrected chi connectivity index (χ0v) is 21.7. The van der Waals surface area contributed by atoms with Gasteiger partial charge in [-0.05, 0) is 78.3 Å². The van der Waals surface area contributed by atoms with Crippen LogP contribution in [0.3, 0.4) is 0 Å². The van der Waals surface area contributed by atoms with Crippen molar-refractivity contribution in [2.45, 2.75) is 90.1 Å². The molecule has 0 bridgehead atoms. The number of aliphatic hydroxyl groups is 1. The molecule has 9 heteroatoms. The van der Waals surface area contributed by atoms with Gasteiger partial charge in [0.2, 0.25) is 0 Å². The largest absolute Gasteiger partial charge is 0.494 e. The molecule has 1 aliphatic heterocycles. The molecule has 0 radical (unpaired) electrons. The van der Waals surface area contributed by atoms with Gasteiger partial charge in [-0.1, -0.05) is 29.4 Å². The molecule has 0 unspecified atom stereocenters. The second kappa shape index (κ2) is 8.01. The van der Waals surface area contributed by atoms with Crippen LogP contribution in [0, 0.1) is 5.92 Å². The molecule has 2 aliphatic rings. The second-order valence-electron chi connectivity index (χ2n) is 11.8. The van der Waals surface area contributed by atoms with Crippen molar-refractivity contribution in [1.82, 2.24) is 19.9 Å². The van der Waals surface area contributed by atoms with Gasteiger partial charge in [-0.3, -0.25) is 4.68 Å². The van der Waals surface area contributed by atoms with Crippen LogP contribution < -0.4 is 5.46 Å². The highest BCUT2D eigenvalue weighted by Crippen LogP contribution is 2.50. The van der Waals surface area contributed by atoms with Crippen LogP contribution in [0.5, 0.6) is 0 Å². The Bertz CT molecular complexity index is 1190. The van der Waals surface area contributed by atoms with Crippen LogP contribution in [0.15, 0.2) is 41.2 Å². The Labute approximate surface area is 207 Å². The van der Waals surface area contributed by atoms with E-state index in [0.29, 0.717) is 24.2 Å². The van der Waals surface area contributed by atoms with E-state index in [9.17, 15) is 5.11 Å². The Morgan fingerprint density at radius 2 is 1.69 bits per heavy atom. The molecule has 0 amide bonds. The van der Waals surface area contributed by atoms with Crippen LogP contribution in [0.1, 0.15) is 72.7 Å². The summed E-state index contributed by atoms with van der Waals surface area (Å²) < 4.78 is 19.8. The van der Waals surface area contributed by atoms with Gasteiger partial charge in [0.15, 0.2) is 5.82 Å². The summed E-state index contributed by atoms with van der Waals surface area (Å²) in [6.07, 6.45) is 5.77. The van der Waals surface area contributed by atoms with Gasteiger partial charge in [-0.2, -0.15) is 10.1 Å². The summed E-state index contributed by atoms with van der Waals surface area (Å²) in [5.41, 5.74) is 0.909. The third-order valence-electron chi connectivity index (χ3n) is 7.75. The highest BCUT2D eigenvalue weighted by atomic mass is 16.7. The van der Waals surface area contributed by atoms with Crippen molar-refractivity contribution in [2.24, 2.45) is 5.92 Å². The van der Waals surface area contributed by atoms with Crippen molar-refractivity contribution < 1.29 is 18.9 Å². The van der Waals surface area contributed by atoms with E-state index in [1.165, 1.54) is 0 Å². The first kappa shape index (κ1) is 24.2. The van der Waals surface area contributed by atoms with Gasteiger partial charge in [0.25, 0.3) is 5.89 Å². The monoisotopic (exact) mass is 478 g/mol. The van der Waals surface area contributed by atoms with Gasteiger partial charge in [0.1, 0.15) is 0 Å². The minimum absolute atomic E-state index is 0.362. The molecular formula is C26H35BN4O4. The molecule has 1 aromatic carbocycles. The number of nitrogens with zero attached hydrogens (tertiary/aromatic N) is 4. The summed E-state index contributed by atoms with van der Waals surface area (Å²) in [5.74, 6) is 1.56. The Balaban J connectivity index is 1.40. The molecular weight excluding hydrogens is 443 g/mol. The van der Waals surface area contributed by atoms with Crippen molar-refractivity contribution >= 4 is 12.6 Å². The summed E-state index contributed by atoms with van der Waals surface area (Å²) >= 11 is 0. The summed E-state index contributed by atoms with van der Waals surface area (Å²) in [6, 6.07) is 8.44. The Morgan fingerprint density at radius 3 is 2.26 bits per heavy atom. The molecule has 1 atom stereocenters. The van der Waals surface area contributed by atoms with E-state index in [2.05, 4.69) is 69.1 Å². The lowest BCUT2D eigenvalue weighted by atomic mass is 9.73. The van der Waals surface area contributed by atoms with Crippen LogP contribution in [-0.4, -0.2) is 48.9 Å². The molecule has 5 rings (SSSR count). The molecule has 1 N–H and O–H groups in total. The lowest BCUT2D eigenvalue weighted by Gasteiger charge is -2.32. The lowest BCUT2D eigenvalue weighted by Crippen LogP contribution is -2.41. The number of benzene rings is 1. The third-order valence-corrected chi connectivity index (χ3v) is 7.75. The van der Waals surface area contributed by atoms with Crippen LogP contribution >= 0.6 is 0 Å². The van der Waals surface area contributed by atoms with Crippen LogP contribution in [0.25, 0.3) is 11.5 Å². The Kier molecular flexibility index (Phi) is 5.55. The lowest BCUT2D eigenvalue weighted by molar-refractivity contribution is 0.00578. The average molecular weight is 478 g/mol. The maximum Gasteiger partial charge on any atom is 0.494 e. The van der Waals surface area contributed by atoms with Crippen LogP contribution in [0.2, 0.25) is 0 Å². The zero-order chi connectivity index (χ0) is 25.2. The van der Waals surface area contributed by atoms with E-state index in [1.54, 1.807) is 24.7 Å². The van der Waals surface area contributed by atoms with E-state index >= 15 is 0 Å². The first-order valence-corrected chi connectivity index (χ1v) is 12.3. The fraction of sp³-hybridized carbons (Fsp3) is 0.577. The minimum Gasteiger partial charge on any atom is -0.399 e. The number of rotatable bonds is 7. The molecule has 2 aromatic heterocycles. The van der Waals surface area contributed by atoms with Gasteiger partial charge in [-0.15, -0.1) is 0 Å². The van der Waals surface area contributed by atoms with Gasteiger partial charge >= 0.3 is 7.12 Å². The number of hydrogen-bond acceptors (Lipinski definition) is 7. The first-order chi connectivity index (χ1) is 16.3. The minimum atomic E-state index is -0.861. The highest BCUT2D eigenvalue weighted by molar-refractivity contribution is 6.62. The Morgan fingerprint density at radius 1 is 1.06 bits per heavy atom. The molecule has 3 heterocycles.